The average Bonchev–Trinajstić information content (AvgIpc) is 2.89. The van der Waals surface area contributed by atoms with Gasteiger partial charge in [0.15, 0.2) is 29.2 Å². The molecule has 2 atom stereocenters. The molecule has 0 fully saturated rings. The molecular formula is C25H29ClN4O8. The van der Waals surface area contributed by atoms with E-state index in [1.54, 1.807) is 32.0 Å². The number of benzene rings is 2. The number of phenolic OH excluding ortho intramolecular Hbond substituents is 1. The zero-order chi connectivity index (χ0) is 27.8. The lowest BCUT2D eigenvalue weighted by atomic mass is 9.95. The molecule has 0 aliphatic carbocycles. The summed E-state index contributed by atoms with van der Waals surface area (Å²) in [5.41, 5.74) is 4.26. The molecule has 2 amide bonds. The Morgan fingerprint density at radius 2 is 1.97 bits per heavy atom. The third-order valence-electron chi connectivity index (χ3n) is 5.38. The smallest absolute Gasteiger partial charge is 0.337 e. The maximum atomic E-state index is 12.4. The molecule has 0 bridgehead atoms. The molecule has 0 aromatic heterocycles. The number of allylic oxidation sites excluding steroid dienone is 1. The Hall–Kier alpha value is -4.16. The van der Waals surface area contributed by atoms with Crippen molar-refractivity contribution in [3.8, 4) is 23.0 Å². The Kier molecular flexibility index (Phi) is 9.63. The van der Waals surface area contributed by atoms with Gasteiger partial charge in [0, 0.05) is 5.70 Å². The van der Waals surface area contributed by atoms with Crippen LogP contribution in [0.5, 0.6) is 23.0 Å². The topological polar surface area (TPSA) is 160 Å². The van der Waals surface area contributed by atoms with Crippen molar-refractivity contribution >= 4 is 29.8 Å². The number of esters is 1. The molecular weight excluding hydrogens is 520 g/mol. The van der Waals surface area contributed by atoms with Gasteiger partial charge in [0.2, 0.25) is 0 Å². The maximum Gasteiger partial charge on any atom is 0.337 e. The lowest BCUT2D eigenvalue weighted by Crippen LogP contribution is -2.45. The predicted molar refractivity (Wildman–Crippen MR) is 139 cm³/mol. The normalized spacial score (nSPS) is 15.9. The highest BCUT2D eigenvalue weighted by Gasteiger charge is 2.32. The first-order chi connectivity index (χ1) is 18.2. The fourth-order valence-electron chi connectivity index (χ4n) is 3.64. The second-order valence-corrected chi connectivity index (χ2v) is 8.38. The number of aliphatic hydroxyl groups is 1. The van der Waals surface area contributed by atoms with Crippen LogP contribution in [0.4, 0.5) is 4.79 Å². The monoisotopic (exact) mass is 548 g/mol. The van der Waals surface area contributed by atoms with Crippen LogP contribution in [0.25, 0.3) is 0 Å². The van der Waals surface area contributed by atoms with Crippen LogP contribution in [0, 0.1) is 0 Å². The SMILES string of the molecule is CCOc1cc([C@H]2NC(=O)NC(C)=C2C(=O)OC)ccc1OC[C@@H](O)N/N=C\c1cc(Cl)c(O)c(OC)c1. The minimum atomic E-state index is -1.19. The van der Waals surface area contributed by atoms with Crippen LogP contribution in [-0.2, 0) is 9.53 Å². The molecule has 1 aliphatic heterocycles. The summed E-state index contributed by atoms with van der Waals surface area (Å²) in [6.07, 6.45) is 0.203. The van der Waals surface area contributed by atoms with Crippen molar-refractivity contribution in [2.75, 3.05) is 27.4 Å². The Balaban J connectivity index is 1.70. The molecule has 5 N–H and O–H groups in total. The van der Waals surface area contributed by atoms with E-state index < -0.39 is 24.3 Å². The number of rotatable bonds is 11. The summed E-state index contributed by atoms with van der Waals surface area (Å²) in [4.78, 5) is 24.4. The lowest BCUT2D eigenvalue weighted by molar-refractivity contribution is -0.136. The molecule has 2 aromatic rings. The van der Waals surface area contributed by atoms with Crippen molar-refractivity contribution in [3.63, 3.8) is 0 Å². The van der Waals surface area contributed by atoms with E-state index in [-0.39, 0.29) is 28.7 Å². The first-order valence-electron chi connectivity index (χ1n) is 11.5. The summed E-state index contributed by atoms with van der Waals surface area (Å²) >= 11 is 5.96. The Bertz CT molecular complexity index is 1250. The Labute approximate surface area is 224 Å². The van der Waals surface area contributed by atoms with Crippen LogP contribution < -0.4 is 30.3 Å². The number of hydrogen-bond acceptors (Lipinski definition) is 10. The molecule has 2 aromatic carbocycles. The van der Waals surface area contributed by atoms with Crippen molar-refractivity contribution < 1.29 is 38.7 Å². The molecule has 12 nitrogen and oxygen atoms in total. The minimum Gasteiger partial charge on any atom is -0.503 e. The molecule has 204 valence electrons. The van der Waals surface area contributed by atoms with Crippen molar-refractivity contribution in [2.45, 2.75) is 26.1 Å². The van der Waals surface area contributed by atoms with Crippen LogP contribution in [0.3, 0.4) is 0 Å². The highest BCUT2D eigenvalue weighted by atomic mass is 35.5. The number of hydrogen-bond donors (Lipinski definition) is 5. The summed E-state index contributed by atoms with van der Waals surface area (Å²) < 4.78 is 21.3. The second-order valence-electron chi connectivity index (χ2n) is 7.97. The maximum absolute atomic E-state index is 12.4. The number of urea groups is 1. The fourth-order valence-corrected chi connectivity index (χ4v) is 3.86. The number of aromatic hydroxyl groups is 1. The van der Waals surface area contributed by atoms with Crippen molar-refractivity contribution in [3.05, 3.63) is 57.8 Å². The summed E-state index contributed by atoms with van der Waals surface area (Å²) in [5, 5.41) is 29.4. The molecule has 0 spiro atoms. The molecule has 0 unspecified atom stereocenters. The zero-order valence-corrected chi connectivity index (χ0v) is 22.0. The Morgan fingerprint density at radius 1 is 1.21 bits per heavy atom. The number of nitrogens with zero attached hydrogens (tertiary/aromatic N) is 1. The van der Waals surface area contributed by atoms with Gasteiger partial charge in [-0.05, 0) is 49.2 Å². The number of phenols is 1. The zero-order valence-electron chi connectivity index (χ0n) is 21.2. The van der Waals surface area contributed by atoms with Crippen LogP contribution in [0.2, 0.25) is 5.02 Å². The molecule has 0 saturated carbocycles. The van der Waals surface area contributed by atoms with E-state index in [1.165, 1.54) is 32.6 Å². The predicted octanol–water partition coefficient (Wildman–Crippen LogP) is 2.57. The summed E-state index contributed by atoms with van der Waals surface area (Å²) in [6, 6.07) is 6.71. The van der Waals surface area contributed by atoms with E-state index in [0.717, 1.165) is 0 Å². The first kappa shape index (κ1) is 28.4. The van der Waals surface area contributed by atoms with Gasteiger partial charge < -0.3 is 39.8 Å². The van der Waals surface area contributed by atoms with Gasteiger partial charge in [-0.15, -0.1) is 0 Å². The van der Waals surface area contributed by atoms with Crippen LogP contribution in [-0.4, -0.2) is 62.1 Å². The van der Waals surface area contributed by atoms with E-state index in [9.17, 15) is 19.8 Å². The summed E-state index contributed by atoms with van der Waals surface area (Å²) in [6.45, 7) is 3.54. The Morgan fingerprint density at radius 3 is 2.66 bits per heavy atom. The van der Waals surface area contributed by atoms with Gasteiger partial charge in [-0.3, -0.25) is 5.43 Å². The standard InChI is InChI=1S/C25H29ClN4O8/c1-5-37-18-10-15(22-21(24(33)36-4)13(2)28-25(34)29-22)6-7-17(18)38-12-20(31)30-27-11-14-8-16(26)23(32)19(9-14)35-3/h6-11,20,22,30-32H,5,12H2,1-4H3,(H2,28,29,34)/b27-11-/t20-,22-/m1/s1. The third-order valence-corrected chi connectivity index (χ3v) is 5.67. The van der Waals surface area contributed by atoms with Crippen LogP contribution >= 0.6 is 11.6 Å². The minimum absolute atomic E-state index is 0.0926. The largest absolute Gasteiger partial charge is 0.503 e. The molecule has 1 aliphatic rings. The first-order valence-corrected chi connectivity index (χ1v) is 11.9. The highest BCUT2D eigenvalue weighted by Crippen LogP contribution is 2.35. The van der Waals surface area contributed by atoms with Gasteiger partial charge in [-0.2, -0.15) is 5.10 Å². The summed E-state index contributed by atoms with van der Waals surface area (Å²) in [5.74, 6) is 0.0977. The average molecular weight is 549 g/mol. The second kappa shape index (κ2) is 12.9. The molecule has 0 saturated heterocycles. The van der Waals surface area contributed by atoms with Gasteiger partial charge in [-0.25, -0.2) is 9.59 Å². The number of halogens is 1. The number of carbonyl (C=O) groups excluding carboxylic acids is 2. The van der Waals surface area contributed by atoms with Gasteiger partial charge in [0.1, 0.15) is 6.61 Å². The lowest BCUT2D eigenvalue weighted by Gasteiger charge is -2.28. The summed E-state index contributed by atoms with van der Waals surface area (Å²) in [7, 11) is 2.66. The van der Waals surface area contributed by atoms with Crippen LogP contribution in [0.15, 0.2) is 46.7 Å². The molecule has 38 heavy (non-hydrogen) atoms. The van der Waals surface area contributed by atoms with E-state index in [1.807, 2.05) is 0 Å². The highest BCUT2D eigenvalue weighted by molar-refractivity contribution is 6.32. The fraction of sp³-hybridized carbons (Fsp3) is 0.320. The number of amides is 2. The van der Waals surface area contributed by atoms with E-state index >= 15 is 0 Å². The van der Waals surface area contributed by atoms with Gasteiger partial charge in [-0.1, -0.05) is 17.7 Å². The number of carbonyl (C=O) groups is 2. The van der Waals surface area contributed by atoms with Gasteiger partial charge in [0.05, 0.1) is 43.7 Å². The van der Waals surface area contributed by atoms with E-state index in [0.29, 0.717) is 34.9 Å². The number of methoxy groups -OCH3 is 2. The molecule has 0 radical (unpaired) electrons. The molecule has 3 rings (SSSR count). The number of hydrazone groups is 1. The third kappa shape index (κ3) is 6.78. The number of nitrogens with one attached hydrogen (secondary N) is 3. The van der Waals surface area contributed by atoms with Crippen molar-refractivity contribution in [2.24, 2.45) is 5.10 Å². The molecule has 1 heterocycles. The van der Waals surface area contributed by atoms with Crippen molar-refractivity contribution in [1.82, 2.24) is 16.1 Å². The number of ether oxygens (including phenoxy) is 4. The van der Waals surface area contributed by atoms with Gasteiger partial charge in [0.25, 0.3) is 0 Å². The number of aliphatic hydroxyl groups excluding tert-OH is 1. The van der Waals surface area contributed by atoms with E-state index in [4.69, 9.17) is 30.5 Å². The quantitative estimate of drug-likeness (QED) is 0.123. The van der Waals surface area contributed by atoms with E-state index in [2.05, 4.69) is 21.2 Å². The molecule has 13 heteroatoms. The van der Waals surface area contributed by atoms with Gasteiger partial charge >= 0.3 is 12.0 Å². The van der Waals surface area contributed by atoms with Crippen LogP contribution in [0.1, 0.15) is 31.0 Å². The van der Waals surface area contributed by atoms with Crippen molar-refractivity contribution in [1.29, 1.82) is 0 Å².